The standard InChI is InChI=1S/C29H34ClN3O5S/c1-20(2)31-29(35)22(4)32(18-23-10-8-11-25(17-23)38-5)28(34)19-33(27-12-7-6-9-21(27)3)39(36,37)26-15-13-24(30)14-16-26/h6-17,20,22H,18-19H2,1-5H3,(H,31,35)/t22-/m0/s1. The minimum Gasteiger partial charge on any atom is -0.497 e. The molecule has 0 fully saturated rings. The van der Waals surface area contributed by atoms with Crippen molar-refractivity contribution < 1.29 is 22.7 Å². The number of rotatable bonds is 11. The second-order valence-electron chi connectivity index (χ2n) is 9.46. The van der Waals surface area contributed by atoms with Crippen LogP contribution in [0.25, 0.3) is 0 Å². The summed E-state index contributed by atoms with van der Waals surface area (Å²) in [5.41, 5.74) is 1.77. The van der Waals surface area contributed by atoms with Gasteiger partial charge in [0.1, 0.15) is 18.3 Å². The van der Waals surface area contributed by atoms with Crippen LogP contribution in [0.2, 0.25) is 5.02 Å². The van der Waals surface area contributed by atoms with E-state index in [9.17, 15) is 18.0 Å². The lowest BCUT2D eigenvalue weighted by atomic mass is 10.1. The number of amides is 2. The maximum Gasteiger partial charge on any atom is 0.264 e. The molecule has 0 bridgehead atoms. The summed E-state index contributed by atoms with van der Waals surface area (Å²) in [6.07, 6.45) is 0. The highest BCUT2D eigenvalue weighted by atomic mass is 35.5. The third-order valence-electron chi connectivity index (χ3n) is 6.15. The summed E-state index contributed by atoms with van der Waals surface area (Å²) in [5, 5.41) is 3.23. The highest BCUT2D eigenvalue weighted by Gasteiger charge is 2.33. The van der Waals surface area contributed by atoms with Gasteiger partial charge in [-0.05, 0) is 81.3 Å². The molecule has 0 heterocycles. The number of anilines is 1. The molecule has 0 radical (unpaired) electrons. The van der Waals surface area contributed by atoms with Gasteiger partial charge in [0, 0.05) is 17.6 Å². The molecule has 3 rings (SSSR count). The molecule has 10 heteroatoms. The average Bonchev–Trinajstić information content (AvgIpc) is 2.90. The molecule has 3 aromatic carbocycles. The van der Waals surface area contributed by atoms with Gasteiger partial charge < -0.3 is 15.0 Å². The monoisotopic (exact) mass is 571 g/mol. The molecule has 0 unspecified atom stereocenters. The predicted molar refractivity (Wildman–Crippen MR) is 153 cm³/mol. The molecule has 0 spiro atoms. The van der Waals surface area contributed by atoms with E-state index in [-0.39, 0.29) is 23.4 Å². The third-order valence-corrected chi connectivity index (χ3v) is 8.18. The Kier molecular flexibility index (Phi) is 9.99. The van der Waals surface area contributed by atoms with Crippen molar-refractivity contribution >= 4 is 39.1 Å². The van der Waals surface area contributed by atoms with Gasteiger partial charge in [0.2, 0.25) is 11.8 Å². The smallest absolute Gasteiger partial charge is 0.264 e. The Bertz CT molecular complexity index is 1410. The molecule has 1 atom stereocenters. The van der Waals surface area contributed by atoms with Gasteiger partial charge in [-0.2, -0.15) is 0 Å². The maximum atomic E-state index is 13.9. The summed E-state index contributed by atoms with van der Waals surface area (Å²) in [5.74, 6) is -0.277. The lowest BCUT2D eigenvalue weighted by Crippen LogP contribution is -2.52. The number of hydrogen-bond donors (Lipinski definition) is 1. The van der Waals surface area contributed by atoms with Gasteiger partial charge in [0.05, 0.1) is 17.7 Å². The zero-order valence-corrected chi connectivity index (χ0v) is 24.3. The molecule has 0 saturated carbocycles. The molecule has 2 amide bonds. The summed E-state index contributed by atoms with van der Waals surface area (Å²) < 4.78 is 34.1. The quantitative estimate of drug-likeness (QED) is 0.357. The fourth-order valence-electron chi connectivity index (χ4n) is 4.05. The van der Waals surface area contributed by atoms with Crippen LogP contribution in [0.1, 0.15) is 31.9 Å². The van der Waals surface area contributed by atoms with Crippen LogP contribution in [-0.2, 0) is 26.2 Å². The highest BCUT2D eigenvalue weighted by molar-refractivity contribution is 7.92. The van der Waals surface area contributed by atoms with Crippen LogP contribution in [0.5, 0.6) is 5.75 Å². The first kappa shape index (κ1) is 30.0. The topological polar surface area (TPSA) is 96.0 Å². The van der Waals surface area contributed by atoms with Crippen molar-refractivity contribution in [1.29, 1.82) is 0 Å². The van der Waals surface area contributed by atoms with Gasteiger partial charge in [0.25, 0.3) is 10.0 Å². The first-order valence-corrected chi connectivity index (χ1v) is 14.3. The Balaban J connectivity index is 2.05. The lowest BCUT2D eigenvalue weighted by Gasteiger charge is -2.32. The predicted octanol–water partition coefficient (Wildman–Crippen LogP) is 4.79. The Hall–Kier alpha value is -3.56. The molecule has 0 aliphatic rings. The van der Waals surface area contributed by atoms with Gasteiger partial charge in [0.15, 0.2) is 0 Å². The van der Waals surface area contributed by atoms with E-state index in [0.29, 0.717) is 22.0 Å². The van der Waals surface area contributed by atoms with E-state index < -0.39 is 28.5 Å². The molecule has 8 nitrogen and oxygen atoms in total. The largest absolute Gasteiger partial charge is 0.497 e. The van der Waals surface area contributed by atoms with Crippen molar-refractivity contribution in [2.75, 3.05) is 18.0 Å². The summed E-state index contributed by atoms with van der Waals surface area (Å²) in [4.78, 5) is 28.3. The number of hydrogen-bond acceptors (Lipinski definition) is 5. The summed E-state index contributed by atoms with van der Waals surface area (Å²) in [7, 11) is -2.62. The number of benzene rings is 3. The summed E-state index contributed by atoms with van der Waals surface area (Å²) in [6.45, 7) is 6.62. The molecular formula is C29H34ClN3O5S. The second kappa shape index (κ2) is 13.0. The van der Waals surface area contributed by atoms with Crippen LogP contribution < -0.4 is 14.4 Å². The van der Waals surface area contributed by atoms with Gasteiger partial charge in [-0.15, -0.1) is 0 Å². The van der Waals surface area contributed by atoms with E-state index in [2.05, 4.69) is 5.32 Å². The lowest BCUT2D eigenvalue weighted by molar-refractivity contribution is -0.139. The van der Waals surface area contributed by atoms with Gasteiger partial charge in [-0.25, -0.2) is 8.42 Å². The number of nitrogens with one attached hydrogen (secondary N) is 1. The number of nitrogens with zero attached hydrogens (tertiary/aromatic N) is 2. The number of carbonyl (C=O) groups excluding carboxylic acids is 2. The Morgan fingerprint density at radius 1 is 0.974 bits per heavy atom. The van der Waals surface area contributed by atoms with Crippen LogP contribution >= 0.6 is 11.6 Å². The molecule has 39 heavy (non-hydrogen) atoms. The zero-order chi connectivity index (χ0) is 28.7. The number of carbonyl (C=O) groups is 2. The second-order valence-corrected chi connectivity index (χ2v) is 11.8. The fourth-order valence-corrected chi connectivity index (χ4v) is 5.65. The number of para-hydroxylation sites is 1. The minimum atomic E-state index is -4.16. The van der Waals surface area contributed by atoms with Crippen molar-refractivity contribution in [3.8, 4) is 5.75 Å². The van der Waals surface area contributed by atoms with E-state index in [1.807, 2.05) is 19.9 Å². The number of aryl methyl sites for hydroxylation is 1. The van der Waals surface area contributed by atoms with Crippen LogP contribution in [0.15, 0.2) is 77.7 Å². The van der Waals surface area contributed by atoms with Crippen molar-refractivity contribution in [3.05, 3.63) is 88.9 Å². The van der Waals surface area contributed by atoms with Crippen molar-refractivity contribution in [1.82, 2.24) is 10.2 Å². The normalized spacial score (nSPS) is 12.1. The maximum absolute atomic E-state index is 13.9. The fraction of sp³-hybridized carbons (Fsp3) is 0.310. The van der Waals surface area contributed by atoms with Gasteiger partial charge >= 0.3 is 0 Å². The van der Waals surface area contributed by atoms with Gasteiger partial charge in [-0.1, -0.05) is 41.9 Å². The van der Waals surface area contributed by atoms with Crippen molar-refractivity contribution in [2.24, 2.45) is 0 Å². The highest BCUT2D eigenvalue weighted by Crippen LogP contribution is 2.28. The van der Waals surface area contributed by atoms with Crippen molar-refractivity contribution in [3.63, 3.8) is 0 Å². The molecule has 0 aliphatic heterocycles. The summed E-state index contributed by atoms with van der Waals surface area (Å²) >= 11 is 5.99. The van der Waals surface area contributed by atoms with E-state index in [0.717, 1.165) is 9.87 Å². The molecule has 3 aromatic rings. The third kappa shape index (κ3) is 7.52. The average molecular weight is 572 g/mol. The van der Waals surface area contributed by atoms with E-state index >= 15 is 0 Å². The number of methoxy groups -OCH3 is 1. The minimum absolute atomic E-state index is 0.00658. The molecule has 208 valence electrons. The van der Waals surface area contributed by atoms with Crippen molar-refractivity contribution in [2.45, 2.75) is 51.2 Å². The zero-order valence-electron chi connectivity index (χ0n) is 22.7. The van der Waals surface area contributed by atoms with Gasteiger partial charge in [-0.3, -0.25) is 13.9 Å². The van der Waals surface area contributed by atoms with Crippen LogP contribution in [-0.4, -0.2) is 50.9 Å². The SMILES string of the molecule is COc1cccc(CN(C(=O)CN(c2ccccc2C)S(=O)(=O)c2ccc(Cl)cc2)[C@@H](C)C(=O)NC(C)C)c1. The Labute approximate surface area is 235 Å². The number of ether oxygens (including phenoxy) is 1. The first-order chi connectivity index (χ1) is 18.4. The number of sulfonamides is 1. The van der Waals surface area contributed by atoms with Crippen LogP contribution in [0.4, 0.5) is 5.69 Å². The van der Waals surface area contributed by atoms with E-state index in [4.69, 9.17) is 16.3 Å². The van der Waals surface area contributed by atoms with Crippen LogP contribution in [0, 0.1) is 6.92 Å². The molecule has 1 N–H and O–H groups in total. The van der Waals surface area contributed by atoms with Crippen LogP contribution in [0.3, 0.4) is 0 Å². The number of halogens is 1. The summed E-state index contributed by atoms with van der Waals surface area (Å²) in [6, 6.07) is 18.9. The Morgan fingerprint density at radius 3 is 2.26 bits per heavy atom. The van der Waals surface area contributed by atoms with E-state index in [1.54, 1.807) is 63.4 Å². The first-order valence-electron chi connectivity index (χ1n) is 12.5. The van der Waals surface area contributed by atoms with E-state index in [1.165, 1.54) is 29.2 Å². The molecule has 0 aromatic heterocycles. The molecule has 0 aliphatic carbocycles. The molecule has 0 saturated heterocycles. The molecular weight excluding hydrogens is 538 g/mol. The Morgan fingerprint density at radius 2 is 1.64 bits per heavy atom.